The van der Waals surface area contributed by atoms with Gasteiger partial charge in [0.2, 0.25) is 0 Å². The summed E-state index contributed by atoms with van der Waals surface area (Å²) in [4.78, 5) is 41.1. The van der Waals surface area contributed by atoms with Crippen molar-refractivity contribution in [2.45, 2.75) is 25.9 Å². The second-order valence-corrected chi connectivity index (χ2v) is 6.61. The average Bonchev–Trinajstić information content (AvgIpc) is 3.10. The molecule has 158 valence electrons. The first-order chi connectivity index (χ1) is 14.4. The molecule has 0 saturated heterocycles. The van der Waals surface area contributed by atoms with Gasteiger partial charge in [0.25, 0.3) is 5.91 Å². The number of carbonyl (C=O) groups is 2. The molecule has 1 amide bonds. The number of para-hydroxylation sites is 1. The largest absolute Gasteiger partial charge is 0.493 e. The minimum absolute atomic E-state index is 0.0810. The number of nitrogens with one attached hydrogen (secondary N) is 3. The van der Waals surface area contributed by atoms with E-state index in [1.807, 2.05) is 12.1 Å². The van der Waals surface area contributed by atoms with Crippen molar-refractivity contribution in [2.75, 3.05) is 19.5 Å². The number of ether oxygens (including phenoxy) is 3. The van der Waals surface area contributed by atoms with Gasteiger partial charge >= 0.3 is 11.7 Å². The predicted octanol–water partition coefficient (Wildman–Crippen LogP) is 2.38. The molecule has 1 heterocycles. The fourth-order valence-electron chi connectivity index (χ4n) is 3.05. The van der Waals surface area contributed by atoms with Crippen LogP contribution in [0.15, 0.2) is 41.2 Å². The summed E-state index contributed by atoms with van der Waals surface area (Å²) < 4.78 is 15.8. The van der Waals surface area contributed by atoms with Crippen LogP contribution in [-0.4, -0.2) is 42.2 Å². The van der Waals surface area contributed by atoms with Crippen LogP contribution in [0.2, 0.25) is 0 Å². The minimum Gasteiger partial charge on any atom is -0.493 e. The number of aromatic amines is 2. The highest BCUT2D eigenvalue weighted by Crippen LogP contribution is 2.31. The van der Waals surface area contributed by atoms with Crippen LogP contribution in [0, 0.1) is 0 Å². The topological polar surface area (TPSA) is 123 Å². The van der Waals surface area contributed by atoms with Gasteiger partial charge in [0.1, 0.15) is 0 Å². The molecule has 0 bridgehead atoms. The Labute approximate surface area is 172 Å². The van der Waals surface area contributed by atoms with E-state index in [-0.39, 0.29) is 12.1 Å². The lowest BCUT2D eigenvalue weighted by atomic mass is 10.1. The van der Waals surface area contributed by atoms with Crippen LogP contribution < -0.4 is 20.5 Å². The molecule has 0 spiro atoms. The summed E-state index contributed by atoms with van der Waals surface area (Å²) in [5.74, 6) is 0.168. The number of hydrogen-bond acceptors (Lipinski definition) is 6. The summed E-state index contributed by atoms with van der Waals surface area (Å²) >= 11 is 0. The second kappa shape index (κ2) is 9.17. The number of aromatic nitrogens is 2. The quantitative estimate of drug-likeness (QED) is 0.487. The summed E-state index contributed by atoms with van der Waals surface area (Å²) in [6.07, 6.45) is -0.520. The van der Waals surface area contributed by atoms with E-state index in [9.17, 15) is 14.4 Å². The molecule has 0 aliphatic carbocycles. The van der Waals surface area contributed by atoms with Gasteiger partial charge in [-0.1, -0.05) is 12.1 Å². The number of anilines is 1. The third kappa shape index (κ3) is 4.80. The lowest BCUT2D eigenvalue weighted by Gasteiger charge is -2.15. The van der Waals surface area contributed by atoms with Crippen LogP contribution in [0.3, 0.4) is 0 Å². The monoisotopic (exact) mass is 413 g/mol. The number of fused-ring (bicyclic) bond motifs is 1. The summed E-state index contributed by atoms with van der Waals surface area (Å²) in [7, 11) is 3.08. The molecule has 0 saturated carbocycles. The first kappa shape index (κ1) is 21.0. The Hall–Kier alpha value is -3.75. The number of hydrogen-bond donors (Lipinski definition) is 3. The van der Waals surface area contributed by atoms with Crippen LogP contribution in [0.1, 0.15) is 18.9 Å². The fourth-order valence-corrected chi connectivity index (χ4v) is 3.05. The van der Waals surface area contributed by atoms with Gasteiger partial charge in [-0.3, -0.25) is 9.59 Å². The average molecular weight is 413 g/mol. The number of amides is 1. The maximum atomic E-state index is 12.3. The molecule has 0 aliphatic heterocycles. The third-order valence-electron chi connectivity index (χ3n) is 4.54. The Morgan fingerprint density at radius 3 is 2.57 bits per heavy atom. The maximum absolute atomic E-state index is 12.3. The summed E-state index contributed by atoms with van der Waals surface area (Å²) in [6, 6.07) is 10.4. The number of H-pyrrole nitrogens is 2. The molecule has 3 aromatic rings. The predicted molar refractivity (Wildman–Crippen MR) is 111 cm³/mol. The van der Waals surface area contributed by atoms with E-state index in [1.165, 1.54) is 14.0 Å². The van der Waals surface area contributed by atoms with E-state index in [1.54, 1.807) is 31.4 Å². The maximum Gasteiger partial charge on any atom is 0.323 e. The molecule has 1 aromatic heterocycles. The smallest absolute Gasteiger partial charge is 0.323 e. The first-order valence-corrected chi connectivity index (χ1v) is 9.33. The molecule has 0 radical (unpaired) electrons. The third-order valence-corrected chi connectivity index (χ3v) is 4.54. The molecule has 1 atom stereocenters. The number of aryl methyl sites for hydroxylation is 1. The van der Waals surface area contributed by atoms with Crippen molar-refractivity contribution in [1.82, 2.24) is 9.97 Å². The van der Waals surface area contributed by atoms with Crippen LogP contribution in [0.25, 0.3) is 11.0 Å². The molecule has 3 N–H and O–H groups in total. The summed E-state index contributed by atoms with van der Waals surface area (Å²) in [6.45, 7) is 1.50. The van der Waals surface area contributed by atoms with Gasteiger partial charge < -0.3 is 29.5 Å². The van der Waals surface area contributed by atoms with Crippen LogP contribution in [0.5, 0.6) is 11.5 Å². The van der Waals surface area contributed by atoms with E-state index in [2.05, 4.69) is 15.3 Å². The SMILES string of the molecule is COc1cccc(CCC(=O)O[C@@H](C)C(=O)Nc2ccc3[nH]c(=O)[nH]c3c2)c1OC. The van der Waals surface area contributed by atoms with Crippen molar-refractivity contribution in [1.29, 1.82) is 0 Å². The Kier molecular flexibility index (Phi) is 6.41. The lowest BCUT2D eigenvalue weighted by Crippen LogP contribution is -2.30. The molecule has 30 heavy (non-hydrogen) atoms. The molecule has 2 aromatic carbocycles. The molecule has 0 unspecified atom stereocenters. The molecule has 3 rings (SSSR count). The van der Waals surface area contributed by atoms with Crippen molar-refractivity contribution in [2.24, 2.45) is 0 Å². The molecule has 0 aliphatic rings. The Morgan fingerprint density at radius 1 is 1.07 bits per heavy atom. The summed E-state index contributed by atoms with van der Waals surface area (Å²) in [5.41, 5.74) is 2.15. The van der Waals surface area contributed by atoms with Crippen LogP contribution in [0.4, 0.5) is 5.69 Å². The number of esters is 1. The Balaban J connectivity index is 1.55. The lowest BCUT2D eigenvalue weighted by molar-refractivity contribution is -0.153. The van der Waals surface area contributed by atoms with Gasteiger partial charge in [-0.05, 0) is 43.2 Å². The molecular formula is C21H23N3O6. The fraction of sp³-hybridized carbons (Fsp3) is 0.286. The van der Waals surface area contributed by atoms with Gasteiger partial charge in [-0.15, -0.1) is 0 Å². The van der Waals surface area contributed by atoms with Crippen molar-refractivity contribution in [3.63, 3.8) is 0 Å². The zero-order valence-electron chi connectivity index (χ0n) is 16.9. The zero-order chi connectivity index (χ0) is 21.7. The van der Waals surface area contributed by atoms with Crippen molar-refractivity contribution < 1.29 is 23.8 Å². The highest BCUT2D eigenvalue weighted by Gasteiger charge is 2.19. The van der Waals surface area contributed by atoms with Crippen molar-refractivity contribution >= 4 is 28.6 Å². The molecule has 9 heteroatoms. The number of methoxy groups -OCH3 is 2. The zero-order valence-corrected chi connectivity index (χ0v) is 16.9. The van der Waals surface area contributed by atoms with Gasteiger partial charge in [0.05, 0.1) is 25.3 Å². The molecule has 0 fully saturated rings. The van der Waals surface area contributed by atoms with E-state index in [0.29, 0.717) is 34.6 Å². The van der Waals surface area contributed by atoms with E-state index < -0.39 is 18.0 Å². The minimum atomic E-state index is -0.981. The number of benzene rings is 2. The van der Waals surface area contributed by atoms with E-state index >= 15 is 0 Å². The summed E-state index contributed by atoms with van der Waals surface area (Å²) in [5, 5.41) is 2.67. The van der Waals surface area contributed by atoms with Crippen molar-refractivity contribution in [3.8, 4) is 11.5 Å². The second-order valence-electron chi connectivity index (χ2n) is 6.61. The number of carbonyl (C=O) groups excluding carboxylic acids is 2. The van der Waals surface area contributed by atoms with Crippen molar-refractivity contribution in [3.05, 3.63) is 52.4 Å². The first-order valence-electron chi connectivity index (χ1n) is 9.33. The number of rotatable bonds is 8. The number of imidazole rings is 1. The Morgan fingerprint density at radius 2 is 1.83 bits per heavy atom. The van der Waals surface area contributed by atoms with Gasteiger partial charge in [0, 0.05) is 12.1 Å². The van der Waals surface area contributed by atoms with E-state index in [4.69, 9.17) is 14.2 Å². The highest BCUT2D eigenvalue weighted by molar-refractivity contribution is 5.96. The van der Waals surface area contributed by atoms with Gasteiger partial charge in [0.15, 0.2) is 17.6 Å². The Bertz CT molecular complexity index is 1120. The van der Waals surface area contributed by atoms with Crippen LogP contribution in [-0.2, 0) is 20.7 Å². The highest BCUT2D eigenvalue weighted by atomic mass is 16.5. The van der Waals surface area contributed by atoms with E-state index in [0.717, 1.165) is 5.56 Å². The standard InChI is InChI=1S/C21H23N3O6/c1-12(20(26)22-14-8-9-15-16(11-14)24-21(27)23-15)30-18(25)10-7-13-5-4-6-17(28-2)19(13)29-3/h4-6,8-9,11-12H,7,10H2,1-3H3,(H,22,26)(H2,23,24,27)/t12-/m0/s1. The molecular weight excluding hydrogens is 390 g/mol. The van der Waals surface area contributed by atoms with Crippen LogP contribution >= 0.6 is 0 Å². The van der Waals surface area contributed by atoms with Gasteiger partial charge in [-0.25, -0.2) is 4.79 Å². The molecule has 9 nitrogen and oxygen atoms in total. The van der Waals surface area contributed by atoms with Gasteiger partial charge in [-0.2, -0.15) is 0 Å². The normalized spacial score (nSPS) is 11.7.